The Kier molecular flexibility index (Phi) is 7.20. The van der Waals surface area contributed by atoms with E-state index in [0.717, 1.165) is 30.6 Å². The maximum atomic E-state index is 13.1. The van der Waals surface area contributed by atoms with Gasteiger partial charge in [-0.15, -0.1) is 0 Å². The first-order valence-corrected chi connectivity index (χ1v) is 11.2. The van der Waals surface area contributed by atoms with Crippen LogP contribution in [0.2, 0.25) is 0 Å². The fraction of sp³-hybridized carbons (Fsp3) is 0.667. The van der Waals surface area contributed by atoms with Gasteiger partial charge in [0, 0.05) is 17.8 Å². The molecule has 1 amide bonds. The number of benzene rings is 1. The lowest BCUT2D eigenvalue weighted by atomic mass is 9.67. The van der Waals surface area contributed by atoms with Crippen LogP contribution in [0.5, 0.6) is 11.5 Å². The molecule has 5 heteroatoms. The Bertz CT molecular complexity index is 714. The number of hydrogen-bond donors (Lipinski definition) is 1. The quantitative estimate of drug-likeness (QED) is 0.686. The zero-order chi connectivity index (χ0) is 21.0. The summed E-state index contributed by atoms with van der Waals surface area (Å²) in [4.78, 5) is 25.5. The molecule has 3 atom stereocenters. The molecule has 1 aromatic carbocycles. The highest BCUT2D eigenvalue weighted by molar-refractivity contribution is 5.88. The van der Waals surface area contributed by atoms with Crippen LogP contribution in [-0.2, 0) is 9.59 Å². The van der Waals surface area contributed by atoms with Gasteiger partial charge in [0.25, 0.3) is 0 Å². The van der Waals surface area contributed by atoms with E-state index >= 15 is 0 Å². The Morgan fingerprint density at radius 1 is 1.07 bits per heavy atom. The predicted molar refractivity (Wildman–Crippen MR) is 113 cm³/mol. The summed E-state index contributed by atoms with van der Waals surface area (Å²) in [6, 6.07) is 5.82. The molecule has 0 heterocycles. The minimum atomic E-state index is -0.102. The molecule has 160 valence electrons. The Morgan fingerprint density at radius 2 is 1.69 bits per heavy atom. The van der Waals surface area contributed by atoms with Crippen molar-refractivity contribution in [3.8, 4) is 11.5 Å². The largest absolute Gasteiger partial charge is 0.490 e. The van der Waals surface area contributed by atoms with Gasteiger partial charge in [0.15, 0.2) is 11.5 Å². The summed E-state index contributed by atoms with van der Waals surface area (Å²) >= 11 is 0. The van der Waals surface area contributed by atoms with Crippen LogP contribution < -0.4 is 14.8 Å². The molecule has 1 N–H and O–H groups in total. The summed E-state index contributed by atoms with van der Waals surface area (Å²) in [5.41, 5.74) is 1.02. The molecule has 5 nitrogen and oxygen atoms in total. The summed E-state index contributed by atoms with van der Waals surface area (Å²) in [6.07, 6.45) is 4.43. The second-order valence-corrected chi connectivity index (χ2v) is 8.70. The van der Waals surface area contributed by atoms with Crippen molar-refractivity contribution in [3.63, 3.8) is 0 Å². The molecule has 2 aliphatic rings. The summed E-state index contributed by atoms with van der Waals surface area (Å²) < 4.78 is 11.4. The van der Waals surface area contributed by atoms with Crippen molar-refractivity contribution in [3.05, 3.63) is 23.8 Å². The highest BCUT2D eigenvalue weighted by Crippen LogP contribution is 2.40. The van der Waals surface area contributed by atoms with Gasteiger partial charge in [-0.25, -0.2) is 0 Å². The first kappa shape index (κ1) is 21.7. The molecule has 0 radical (unpaired) electrons. The molecule has 0 saturated heterocycles. The van der Waals surface area contributed by atoms with Crippen molar-refractivity contribution in [2.75, 3.05) is 13.2 Å². The molecule has 0 aromatic heterocycles. The van der Waals surface area contributed by atoms with E-state index in [0.29, 0.717) is 37.6 Å². The number of fused-ring (bicyclic) bond motifs is 2. The molecular formula is C24H35NO4. The van der Waals surface area contributed by atoms with Crippen molar-refractivity contribution in [2.45, 2.75) is 65.8 Å². The second-order valence-electron chi connectivity index (χ2n) is 8.70. The number of rotatable bonds is 8. The standard InChI is InChI=1S/C24H35NO4/c1-5-28-20-11-10-16(14-21(20)29-6-2)22(15(3)4)25-24(27)19-12-17-8-7-9-18(13-19)23(17)26/h10-11,14-15,17-19,22H,5-9,12-13H2,1-4H3,(H,25,27). The van der Waals surface area contributed by atoms with Crippen LogP contribution in [0.1, 0.15) is 71.4 Å². The van der Waals surface area contributed by atoms with Gasteiger partial charge in [0.05, 0.1) is 19.3 Å². The lowest BCUT2D eigenvalue weighted by molar-refractivity contribution is -0.138. The zero-order valence-electron chi connectivity index (χ0n) is 18.2. The van der Waals surface area contributed by atoms with Crippen molar-refractivity contribution in [1.29, 1.82) is 0 Å². The van der Waals surface area contributed by atoms with Crippen molar-refractivity contribution >= 4 is 11.7 Å². The molecule has 3 rings (SSSR count). The van der Waals surface area contributed by atoms with Crippen molar-refractivity contribution in [2.24, 2.45) is 23.7 Å². The topological polar surface area (TPSA) is 64.6 Å². The smallest absolute Gasteiger partial charge is 0.223 e. The molecule has 1 aromatic rings. The van der Waals surface area contributed by atoms with E-state index in [4.69, 9.17) is 9.47 Å². The Morgan fingerprint density at radius 3 is 2.28 bits per heavy atom. The van der Waals surface area contributed by atoms with E-state index in [9.17, 15) is 9.59 Å². The summed E-state index contributed by atoms with van der Waals surface area (Å²) in [5.74, 6) is 2.27. The lowest BCUT2D eigenvalue weighted by Gasteiger charge is -2.37. The van der Waals surface area contributed by atoms with E-state index in [1.807, 2.05) is 32.0 Å². The third-order valence-electron chi connectivity index (χ3n) is 6.31. The molecule has 2 saturated carbocycles. The van der Waals surface area contributed by atoms with E-state index in [1.54, 1.807) is 0 Å². The van der Waals surface area contributed by atoms with Gasteiger partial charge in [0.1, 0.15) is 5.78 Å². The average Bonchev–Trinajstić information content (AvgIpc) is 2.67. The number of hydrogen-bond acceptors (Lipinski definition) is 4. The number of ketones is 1. The fourth-order valence-electron chi connectivity index (χ4n) is 4.86. The number of Topliss-reactive ketones (excluding diaryl/α,β-unsaturated/α-hetero) is 1. The molecular weight excluding hydrogens is 366 g/mol. The maximum Gasteiger partial charge on any atom is 0.223 e. The third-order valence-corrected chi connectivity index (χ3v) is 6.31. The SMILES string of the molecule is CCOc1ccc(C(NC(=O)C2CC3CCCC(C2)C3=O)C(C)C)cc1OCC. The number of amides is 1. The van der Waals surface area contributed by atoms with Crippen LogP contribution in [0.4, 0.5) is 0 Å². The van der Waals surface area contributed by atoms with Gasteiger partial charge < -0.3 is 14.8 Å². The van der Waals surface area contributed by atoms with Crippen molar-refractivity contribution in [1.82, 2.24) is 5.32 Å². The molecule has 0 aliphatic heterocycles. The highest BCUT2D eigenvalue weighted by atomic mass is 16.5. The van der Waals surface area contributed by atoms with Gasteiger partial charge >= 0.3 is 0 Å². The number of carbonyl (C=O) groups excluding carboxylic acids is 2. The fourth-order valence-corrected chi connectivity index (χ4v) is 4.86. The lowest BCUT2D eigenvalue weighted by Crippen LogP contribution is -2.44. The predicted octanol–water partition coefficient (Wildman–Crippen LogP) is 4.69. The molecule has 2 aliphatic carbocycles. The van der Waals surface area contributed by atoms with Gasteiger partial charge in [-0.05, 0) is 63.1 Å². The van der Waals surface area contributed by atoms with E-state index < -0.39 is 0 Å². The van der Waals surface area contributed by atoms with Gasteiger partial charge in [-0.3, -0.25) is 9.59 Å². The number of carbonyl (C=O) groups is 2. The molecule has 2 bridgehead atoms. The summed E-state index contributed by atoms with van der Waals surface area (Å²) in [7, 11) is 0. The number of nitrogens with one attached hydrogen (secondary N) is 1. The first-order valence-electron chi connectivity index (χ1n) is 11.2. The van der Waals surface area contributed by atoms with Gasteiger partial charge in [0.2, 0.25) is 5.91 Å². The molecule has 0 spiro atoms. The van der Waals surface area contributed by atoms with E-state index in [-0.39, 0.29) is 35.6 Å². The van der Waals surface area contributed by atoms with Crippen LogP contribution in [-0.4, -0.2) is 24.9 Å². The number of ether oxygens (including phenoxy) is 2. The Hall–Kier alpha value is -2.04. The van der Waals surface area contributed by atoms with Crippen LogP contribution >= 0.6 is 0 Å². The van der Waals surface area contributed by atoms with Crippen LogP contribution in [0.15, 0.2) is 18.2 Å². The third kappa shape index (κ3) is 4.93. The zero-order valence-corrected chi connectivity index (χ0v) is 18.2. The van der Waals surface area contributed by atoms with Crippen molar-refractivity contribution < 1.29 is 19.1 Å². The Balaban J connectivity index is 1.75. The van der Waals surface area contributed by atoms with Crippen LogP contribution in [0.25, 0.3) is 0 Å². The molecule has 29 heavy (non-hydrogen) atoms. The maximum absolute atomic E-state index is 13.1. The highest BCUT2D eigenvalue weighted by Gasteiger charge is 2.41. The molecule has 2 fully saturated rings. The second kappa shape index (κ2) is 9.64. The normalized spacial score (nSPS) is 24.9. The summed E-state index contributed by atoms with van der Waals surface area (Å²) in [5, 5.41) is 3.28. The monoisotopic (exact) mass is 401 g/mol. The van der Waals surface area contributed by atoms with E-state index in [2.05, 4.69) is 19.2 Å². The Labute approximate surface area is 174 Å². The molecule has 3 unspecified atom stereocenters. The van der Waals surface area contributed by atoms with E-state index in [1.165, 1.54) is 0 Å². The summed E-state index contributed by atoms with van der Waals surface area (Å²) in [6.45, 7) is 9.26. The van der Waals surface area contributed by atoms with Crippen LogP contribution in [0, 0.1) is 23.7 Å². The van der Waals surface area contributed by atoms with Gasteiger partial charge in [-0.1, -0.05) is 26.3 Å². The van der Waals surface area contributed by atoms with Gasteiger partial charge in [-0.2, -0.15) is 0 Å². The minimum absolute atomic E-state index is 0.0571. The van der Waals surface area contributed by atoms with Crippen LogP contribution in [0.3, 0.4) is 0 Å². The minimum Gasteiger partial charge on any atom is -0.490 e. The first-order chi connectivity index (χ1) is 13.9. The average molecular weight is 402 g/mol.